The third kappa shape index (κ3) is 3.59. The molecule has 7 heteroatoms. The number of piperidine rings is 1. The Hall–Kier alpha value is -1.99. The third-order valence-corrected chi connectivity index (χ3v) is 6.08. The van der Waals surface area contributed by atoms with Gasteiger partial charge in [0.1, 0.15) is 6.61 Å². The van der Waals surface area contributed by atoms with Crippen molar-refractivity contribution in [1.82, 2.24) is 9.36 Å². The lowest BCUT2D eigenvalue weighted by molar-refractivity contribution is -0.119. The summed E-state index contributed by atoms with van der Waals surface area (Å²) in [5, 5.41) is 0.968. The van der Waals surface area contributed by atoms with Gasteiger partial charge in [-0.1, -0.05) is 18.2 Å². The number of amides is 1. The largest absolute Gasteiger partial charge is 0.377 e. The number of nitrogens with zero attached hydrogens (tertiary/aromatic N) is 4. The number of aromatic nitrogens is 2. The Morgan fingerprint density at radius 3 is 2.88 bits per heavy atom. The fourth-order valence-electron chi connectivity index (χ4n) is 3.84. The van der Waals surface area contributed by atoms with Crippen LogP contribution in [0.25, 0.3) is 0 Å². The number of hydrogen-bond acceptors (Lipinski definition) is 6. The molecule has 1 amide bonds. The van der Waals surface area contributed by atoms with Crippen LogP contribution in [0.3, 0.4) is 0 Å². The van der Waals surface area contributed by atoms with E-state index in [4.69, 9.17) is 4.74 Å². The molecule has 0 aliphatic carbocycles. The van der Waals surface area contributed by atoms with E-state index < -0.39 is 0 Å². The smallest absolute Gasteiger partial charge is 0.227 e. The van der Waals surface area contributed by atoms with Gasteiger partial charge in [-0.25, -0.2) is 4.98 Å². The highest BCUT2D eigenvalue weighted by Gasteiger charge is 2.28. The molecule has 2 aromatic rings. The first-order chi connectivity index (χ1) is 12.7. The average Bonchev–Trinajstić information content (AvgIpc) is 3.30. The Bertz CT molecular complexity index is 770. The minimum Gasteiger partial charge on any atom is -0.377 e. The van der Waals surface area contributed by atoms with Crippen LogP contribution in [0.2, 0.25) is 0 Å². The van der Waals surface area contributed by atoms with E-state index in [-0.39, 0.29) is 5.91 Å². The standard InChI is InChI=1S/C19H24N4O2S/c1-25-13-17-20-19(26-21-17)22-9-6-14(7-10-22)12-18(24)23-11-8-15-4-2-3-5-16(15)23/h2-5,14H,6-13H2,1H3. The van der Waals surface area contributed by atoms with Gasteiger partial charge < -0.3 is 14.5 Å². The van der Waals surface area contributed by atoms with E-state index in [9.17, 15) is 4.79 Å². The summed E-state index contributed by atoms with van der Waals surface area (Å²) < 4.78 is 9.41. The predicted molar refractivity (Wildman–Crippen MR) is 103 cm³/mol. The van der Waals surface area contributed by atoms with Crippen molar-refractivity contribution in [2.75, 3.05) is 36.5 Å². The van der Waals surface area contributed by atoms with Gasteiger partial charge in [0.2, 0.25) is 11.0 Å². The van der Waals surface area contributed by atoms with Gasteiger partial charge >= 0.3 is 0 Å². The lowest BCUT2D eigenvalue weighted by Crippen LogP contribution is -2.37. The molecule has 6 nitrogen and oxygen atoms in total. The Morgan fingerprint density at radius 1 is 1.27 bits per heavy atom. The second kappa shape index (κ2) is 7.72. The van der Waals surface area contributed by atoms with Crippen molar-refractivity contribution in [3.05, 3.63) is 35.7 Å². The molecule has 26 heavy (non-hydrogen) atoms. The van der Waals surface area contributed by atoms with E-state index >= 15 is 0 Å². The zero-order valence-electron chi connectivity index (χ0n) is 15.1. The molecule has 138 valence electrons. The van der Waals surface area contributed by atoms with E-state index in [1.54, 1.807) is 7.11 Å². The maximum absolute atomic E-state index is 12.8. The molecule has 1 aromatic heterocycles. The van der Waals surface area contributed by atoms with Crippen LogP contribution in [0.15, 0.2) is 24.3 Å². The minimum atomic E-state index is 0.270. The summed E-state index contributed by atoms with van der Waals surface area (Å²) in [5.41, 5.74) is 2.40. The number of anilines is 2. The zero-order valence-corrected chi connectivity index (χ0v) is 15.9. The SMILES string of the molecule is COCc1nsc(N2CCC(CC(=O)N3CCc4ccccc43)CC2)n1. The van der Waals surface area contributed by atoms with E-state index in [1.165, 1.54) is 17.1 Å². The van der Waals surface area contributed by atoms with Crippen LogP contribution < -0.4 is 9.80 Å². The first kappa shape index (κ1) is 17.4. The predicted octanol–water partition coefficient (Wildman–Crippen LogP) is 2.88. The molecule has 0 radical (unpaired) electrons. The molecule has 0 atom stereocenters. The second-order valence-electron chi connectivity index (χ2n) is 6.98. The fourth-order valence-corrected chi connectivity index (χ4v) is 4.57. The average molecular weight is 372 g/mol. The second-order valence-corrected chi connectivity index (χ2v) is 7.72. The highest BCUT2D eigenvalue weighted by Crippen LogP contribution is 2.31. The minimum absolute atomic E-state index is 0.270. The van der Waals surface area contributed by atoms with E-state index in [2.05, 4.69) is 26.4 Å². The monoisotopic (exact) mass is 372 g/mol. The lowest BCUT2D eigenvalue weighted by atomic mass is 9.93. The van der Waals surface area contributed by atoms with Crippen LogP contribution in [0.1, 0.15) is 30.7 Å². The summed E-state index contributed by atoms with van der Waals surface area (Å²) in [6.07, 6.45) is 3.68. The molecule has 1 aromatic carbocycles. The summed E-state index contributed by atoms with van der Waals surface area (Å²) in [6.45, 7) is 3.16. The van der Waals surface area contributed by atoms with Gasteiger partial charge in [0, 0.05) is 50.4 Å². The fraction of sp³-hybridized carbons (Fsp3) is 0.526. The first-order valence-corrected chi connectivity index (χ1v) is 9.96. The van der Waals surface area contributed by atoms with E-state index in [0.717, 1.165) is 55.5 Å². The molecular weight excluding hydrogens is 348 g/mol. The van der Waals surface area contributed by atoms with Crippen LogP contribution in [0.4, 0.5) is 10.8 Å². The van der Waals surface area contributed by atoms with Gasteiger partial charge in [0.05, 0.1) is 0 Å². The topological polar surface area (TPSA) is 58.6 Å². The molecule has 0 bridgehead atoms. The molecule has 0 N–H and O–H groups in total. The number of benzene rings is 1. The summed E-state index contributed by atoms with van der Waals surface area (Å²) in [6, 6.07) is 8.26. The molecule has 2 aliphatic rings. The molecule has 0 unspecified atom stereocenters. The molecule has 2 aliphatic heterocycles. The van der Waals surface area contributed by atoms with Crippen LogP contribution in [0.5, 0.6) is 0 Å². The van der Waals surface area contributed by atoms with Crippen LogP contribution in [-0.2, 0) is 22.6 Å². The Morgan fingerprint density at radius 2 is 2.08 bits per heavy atom. The number of methoxy groups -OCH3 is 1. The van der Waals surface area contributed by atoms with Crippen LogP contribution >= 0.6 is 11.5 Å². The van der Waals surface area contributed by atoms with Crippen molar-refractivity contribution in [2.24, 2.45) is 5.92 Å². The van der Waals surface area contributed by atoms with Gasteiger partial charge in [-0.3, -0.25) is 4.79 Å². The maximum Gasteiger partial charge on any atom is 0.227 e. The molecular formula is C19H24N4O2S. The third-order valence-electron chi connectivity index (χ3n) is 5.27. The number of rotatable bonds is 5. The quantitative estimate of drug-likeness (QED) is 0.808. The summed E-state index contributed by atoms with van der Waals surface area (Å²) in [5.74, 6) is 1.47. The molecule has 0 spiro atoms. The van der Waals surface area contributed by atoms with Gasteiger partial charge in [-0.2, -0.15) is 4.37 Å². The van der Waals surface area contributed by atoms with Crippen LogP contribution in [-0.4, -0.2) is 42.0 Å². The van der Waals surface area contributed by atoms with Crippen LogP contribution in [0, 0.1) is 5.92 Å². The summed E-state index contributed by atoms with van der Waals surface area (Å²) in [7, 11) is 1.65. The van der Waals surface area contributed by atoms with E-state index in [0.29, 0.717) is 18.9 Å². The van der Waals surface area contributed by atoms with E-state index in [1.807, 2.05) is 17.0 Å². The van der Waals surface area contributed by atoms with Gasteiger partial charge in [-0.15, -0.1) is 0 Å². The Balaban J connectivity index is 1.30. The highest BCUT2D eigenvalue weighted by molar-refractivity contribution is 7.09. The Kier molecular flexibility index (Phi) is 5.17. The number of ether oxygens (including phenoxy) is 1. The lowest BCUT2D eigenvalue weighted by Gasteiger charge is -2.32. The van der Waals surface area contributed by atoms with Crippen molar-refractivity contribution in [2.45, 2.75) is 32.3 Å². The molecule has 1 saturated heterocycles. The number of hydrogen-bond donors (Lipinski definition) is 0. The normalized spacial score (nSPS) is 17.6. The van der Waals surface area contributed by atoms with Gasteiger partial charge in [0.25, 0.3) is 0 Å². The molecule has 1 fully saturated rings. The van der Waals surface area contributed by atoms with Crippen molar-refractivity contribution in [3.8, 4) is 0 Å². The molecule has 3 heterocycles. The number of carbonyl (C=O) groups excluding carboxylic acids is 1. The maximum atomic E-state index is 12.8. The number of fused-ring (bicyclic) bond motifs is 1. The highest BCUT2D eigenvalue weighted by atomic mass is 32.1. The van der Waals surface area contributed by atoms with Crippen molar-refractivity contribution >= 4 is 28.3 Å². The number of carbonyl (C=O) groups is 1. The zero-order chi connectivity index (χ0) is 17.9. The van der Waals surface area contributed by atoms with Crippen molar-refractivity contribution < 1.29 is 9.53 Å². The number of para-hydroxylation sites is 1. The van der Waals surface area contributed by atoms with Gasteiger partial charge in [-0.05, 0) is 36.8 Å². The van der Waals surface area contributed by atoms with Crippen molar-refractivity contribution in [1.29, 1.82) is 0 Å². The molecule has 0 saturated carbocycles. The first-order valence-electron chi connectivity index (χ1n) is 9.19. The molecule has 4 rings (SSSR count). The van der Waals surface area contributed by atoms with Crippen molar-refractivity contribution in [3.63, 3.8) is 0 Å². The summed E-state index contributed by atoms with van der Waals surface area (Å²) >= 11 is 1.43. The summed E-state index contributed by atoms with van der Waals surface area (Å²) in [4.78, 5) is 21.6. The van der Waals surface area contributed by atoms with Gasteiger partial charge in [0.15, 0.2) is 5.82 Å². The Labute approximate surface area is 158 Å².